The quantitative estimate of drug-likeness (QED) is 0.940. The Balaban J connectivity index is 1.81. The number of rotatable bonds is 4. The van der Waals surface area contributed by atoms with E-state index in [1.54, 1.807) is 11.3 Å². The molecule has 6 heteroatoms. The van der Waals surface area contributed by atoms with Crippen molar-refractivity contribution in [1.82, 2.24) is 14.9 Å². The second kappa shape index (κ2) is 6.15. The average Bonchev–Trinajstić information content (AvgIpc) is 2.92. The predicted molar refractivity (Wildman–Crippen MR) is 90.1 cm³/mol. The lowest BCUT2D eigenvalue weighted by Crippen LogP contribution is -2.47. The number of hydrogen-bond donors (Lipinski definition) is 1. The first kappa shape index (κ1) is 14.5. The fourth-order valence-electron chi connectivity index (χ4n) is 2.79. The van der Waals surface area contributed by atoms with Crippen molar-refractivity contribution < 1.29 is 0 Å². The van der Waals surface area contributed by atoms with Crippen molar-refractivity contribution in [2.45, 2.75) is 26.7 Å². The van der Waals surface area contributed by atoms with E-state index in [4.69, 9.17) is 10.7 Å². The monoisotopic (exact) mass is 305 g/mol. The summed E-state index contributed by atoms with van der Waals surface area (Å²) in [4.78, 5) is 16.3. The molecule has 1 saturated heterocycles. The molecule has 0 aromatic carbocycles. The van der Waals surface area contributed by atoms with Crippen LogP contribution in [0.4, 0.5) is 11.8 Å². The van der Waals surface area contributed by atoms with Gasteiger partial charge in [-0.15, -0.1) is 11.3 Å². The summed E-state index contributed by atoms with van der Waals surface area (Å²) in [6.07, 6.45) is 2.23. The number of aromatic nitrogens is 2. The van der Waals surface area contributed by atoms with E-state index in [-0.39, 0.29) is 0 Å². The van der Waals surface area contributed by atoms with E-state index < -0.39 is 0 Å². The number of thiophene rings is 1. The van der Waals surface area contributed by atoms with Crippen LogP contribution in [-0.4, -0.2) is 47.6 Å². The molecule has 2 aromatic rings. The lowest BCUT2D eigenvalue weighted by Gasteiger charge is -2.34. The maximum Gasteiger partial charge on any atom is 0.228 e. The van der Waals surface area contributed by atoms with Crippen molar-refractivity contribution in [3.05, 3.63) is 10.9 Å². The summed E-state index contributed by atoms with van der Waals surface area (Å²) in [6, 6.07) is 2.12. The SMILES string of the molecule is CCCN1CCN(c2nc(N)c3cc(CC)sc3n2)CC1. The van der Waals surface area contributed by atoms with Crippen LogP contribution in [0.15, 0.2) is 6.07 Å². The zero-order chi connectivity index (χ0) is 14.8. The summed E-state index contributed by atoms with van der Waals surface area (Å²) in [5.74, 6) is 1.41. The number of aryl methyl sites for hydroxylation is 1. The van der Waals surface area contributed by atoms with E-state index in [2.05, 4.69) is 34.7 Å². The fourth-order valence-corrected chi connectivity index (χ4v) is 3.76. The first-order valence-corrected chi connectivity index (χ1v) is 8.56. The van der Waals surface area contributed by atoms with Crippen molar-refractivity contribution >= 4 is 33.3 Å². The molecule has 0 amide bonds. The highest BCUT2D eigenvalue weighted by molar-refractivity contribution is 7.18. The summed E-state index contributed by atoms with van der Waals surface area (Å²) in [5, 5.41) is 1.00. The van der Waals surface area contributed by atoms with Gasteiger partial charge in [-0.2, -0.15) is 4.98 Å². The van der Waals surface area contributed by atoms with Crippen LogP contribution in [-0.2, 0) is 6.42 Å². The molecule has 0 bridgehead atoms. The first-order valence-electron chi connectivity index (χ1n) is 7.74. The minimum atomic E-state index is 0.613. The third-order valence-electron chi connectivity index (χ3n) is 4.00. The zero-order valence-corrected chi connectivity index (χ0v) is 13.6. The maximum atomic E-state index is 6.13. The standard InChI is InChI=1S/C15H23N5S/c1-3-5-19-6-8-20(9-7-19)15-17-13(16)12-10-11(4-2)21-14(12)18-15/h10H,3-9H2,1-2H3,(H2,16,17,18). The zero-order valence-electron chi connectivity index (χ0n) is 12.8. The van der Waals surface area contributed by atoms with Gasteiger partial charge in [0.25, 0.3) is 0 Å². The summed E-state index contributed by atoms with van der Waals surface area (Å²) < 4.78 is 0. The van der Waals surface area contributed by atoms with E-state index >= 15 is 0 Å². The van der Waals surface area contributed by atoms with E-state index in [1.807, 2.05) is 0 Å². The predicted octanol–water partition coefficient (Wildman–Crippen LogP) is 2.37. The maximum absolute atomic E-state index is 6.13. The molecule has 2 aromatic heterocycles. The molecule has 21 heavy (non-hydrogen) atoms. The van der Waals surface area contributed by atoms with Crippen LogP contribution < -0.4 is 10.6 Å². The van der Waals surface area contributed by atoms with Crippen molar-refractivity contribution in [2.75, 3.05) is 43.4 Å². The molecule has 5 nitrogen and oxygen atoms in total. The Morgan fingerprint density at radius 1 is 1.19 bits per heavy atom. The van der Waals surface area contributed by atoms with E-state index in [0.29, 0.717) is 5.82 Å². The second-order valence-electron chi connectivity index (χ2n) is 5.52. The van der Waals surface area contributed by atoms with E-state index in [9.17, 15) is 0 Å². The number of nitrogens with two attached hydrogens (primary N) is 1. The lowest BCUT2D eigenvalue weighted by atomic mass is 10.3. The molecule has 0 aliphatic carbocycles. The molecule has 0 atom stereocenters. The van der Waals surface area contributed by atoms with Gasteiger partial charge in [0.15, 0.2) is 0 Å². The van der Waals surface area contributed by atoms with Gasteiger partial charge in [0, 0.05) is 31.1 Å². The number of nitrogen functional groups attached to an aromatic ring is 1. The molecule has 0 radical (unpaired) electrons. The molecule has 1 aliphatic rings. The van der Waals surface area contributed by atoms with Gasteiger partial charge < -0.3 is 10.6 Å². The van der Waals surface area contributed by atoms with Gasteiger partial charge in [-0.1, -0.05) is 13.8 Å². The number of nitrogens with zero attached hydrogens (tertiary/aromatic N) is 4. The highest BCUT2D eigenvalue weighted by atomic mass is 32.1. The Morgan fingerprint density at radius 2 is 1.95 bits per heavy atom. The average molecular weight is 305 g/mol. The van der Waals surface area contributed by atoms with E-state index in [1.165, 1.54) is 17.8 Å². The van der Waals surface area contributed by atoms with Gasteiger partial charge in [-0.05, 0) is 25.5 Å². The number of anilines is 2. The van der Waals surface area contributed by atoms with Gasteiger partial charge in [0.2, 0.25) is 5.95 Å². The van der Waals surface area contributed by atoms with Gasteiger partial charge in [0.1, 0.15) is 10.6 Å². The van der Waals surface area contributed by atoms with Crippen LogP contribution >= 0.6 is 11.3 Å². The summed E-state index contributed by atoms with van der Waals surface area (Å²) in [5.41, 5.74) is 6.13. The number of fused-ring (bicyclic) bond motifs is 1. The van der Waals surface area contributed by atoms with E-state index in [0.717, 1.165) is 48.8 Å². The van der Waals surface area contributed by atoms with Crippen molar-refractivity contribution in [3.8, 4) is 0 Å². The largest absolute Gasteiger partial charge is 0.383 e. The molecular formula is C15H23N5S. The molecular weight excluding hydrogens is 282 g/mol. The Bertz CT molecular complexity index is 616. The van der Waals surface area contributed by atoms with Crippen LogP contribution in [0.5, 0.6) is 0 Å². The smallest absolute Gasteiger partial charge is 0.228 e. The molecule has 114 valence electrons. The minimum absolute atomic E-state index is 0.613. The third kappa shape index (κ3) is 2.96. The molecule has 0 unspecified atom stereocenters. The summed E-state index contributed by atoms with van der Waals surface area (Å²) in [7, 11) is 0. The normalized spacial score (nSPS) is 16.8. The Morgan fingerprint density at radius 3 is 2.62 bits per heavy atom. The molecule has 3 rings (SSSR count). The Kier molecular flexibility index (Phi) is 4.26. The first-order chi connectivity index (χ1) is 10.2. The molecule has 0 spiro atoms. The fraction of sp³-hybridized carbons (Fsp3) is 0.600. The summed E-state index contributed by atoms with van der Waals surface area (Å²) >= 11 is 1.73. The van der Waals surface area contributed by atoms with Crippen LogP contribution in [0.1, 0.15) is 25.1 Å². The topological polar surface area (TPSA) is 58.3 Å². The molecule has 2 N–H and O–H groups in total. The van der Waals surface area contributed by atoms with Crippen molar-refractivity contribution in [2.24, 2.45) is 0 Å². The van der Waals surface area contributed by atoms with Crippen LogP contribution in [0.3, 0.4) is 0 Å². The van der Waals surface area contributed by atoms with Gasteiger partial charge >= 0.3 is 0 Å². The van der Waals surface area contributed by atoms with Crippen molar-refractivity contribution in [3.63, 3.8) is 0 Å². The van der Waals surface area contributed by atoms with Gasteiger partial charge in [-0.3, -0.25) is 4.90 Å². The van der Waals surface area contributed by atoms with Crippen LogP contribution in [0.2, 0.25) is 0 Å². The second-order valence-corrected chi connectivity index (χ2v) is 6.64. The lowest BCUT2D eigenvalue weighted by molar-refractivity contribution is 0.257. The number of piperazine rings is 1. The van der Waals surface area contributed by atoms with Crippen molar-refractivity contribution in [1.29, 1.82) is 0 Å². The van der Waals surface area contributed by atoms with Gasteiger partial charge in [0.05, 0.1) is 5.39 Å². The van der Waals surface area contributed by atoms with Crippen LogP contribution in [0.25, 0.3) is 10.2 Å². The van der Waals surface area contributed by atoms with Crippen LogP contribution in [0, 0.1) is 0 Å². The molecule has 1 aliphatic heterocycles. The Hall–Kier alpha value is -1.40. The highest BCUT2D eigenvalue weighted by Crippen LogP contribution is 2.29. The molecule has 0 saturated carbocycles. The molecule has 1 fully saturated rings. The van der Waals surface area contributed by atoms with Gasteiger partial charge in [-0.25, -0.2) is 4.98 Å². The highest BCUT2D eigenvalue weighted by Gasteiger charge is 2.20. The minimum Gasteiger partial charge on any atom is -0.383 e. The molecule has 3 heterocycles. The third-order valence-corrected chi connectivity index (χ3v) is 5.18. The Labute approximate surface area is 129 Å². The summed E-state index contributed by atoms with van der Waals surface area (Å²) in [6.45, 7) is 9.70. The number of hydrogen-bond acceptors (Lipinski definition) is 6.